The van der Waals surface area contributed by atoms with E-state index in [1.54, 1.807) is 14.2 Å². The standard InChI is InChI=1S/C16H34N4O3.HI/c1-17-16(19-7-5-11-22-15-14-21-2)18-6-3-4-8-20-9-12-23-13-10-20;/h3-15H2,1-2H3,(H2,17,18,19);1H. The van der Waals surface area contributed by atoms with Crippen LogP contribution in [-0.2, 0) is 14.2 Å². The predicted molar refractivity (Wildman–Crippen MR) is 109 cm³/mol. The van der Waals surface area contributed by atoms with Crippen molar-refractivity contribution in [1.82, 2.24) is 15.5 Å². The molecule has 0 saturated carbocycles. The third kappa shape index (κ3) is 13.2. The number of rotatable bonds is 12. The van der Waals surface area contributed by atoms with E-state index in [2.05, 4.69) is 20.5 Å². The molecule has 0 atom stereocenters. The summed E-state index contributed by atoms with van der Waals surface area (Å²) in [6.45, 7) is 8.94. The van der Waals surface area contributed by atoms with Crippen LogP contribution in [0.5, 0.6) is 0 Å². The highest BCUT2D eigenvalue weighted by molar-refractivity contribution is 14.0. The number of nitrogens with zero attached hydrogens (tertiary/aromatic N) is 2. The molecule has 144 valence electrons. The lowest BCUT2D eigenvalue weighted by Crippen LogP contribution is -2.39. The number of aliphatic imine (C=N–C) groups is 1. The molecule has 0 unspecified atom stereocenters. The van der Waals surface area contributed by atoms with Gasteiger partial charge in [-0.1, -0.05) is 0 Å². The molecule has 1 aliphatic rings. The van der Waals surface area contributed by atoms with Crippen molar-refractivity contribution >= 4 is 29.9 Å². The fourth-order valence-corrected chi connectivity index (χ4v) is 2.34. The highest BCUT2D eigenvalue weighted by Gasteiger charge is 2.08. The van der Waals surface area contributed by atoms with E-state index >= 15 is 0 Å². The molecule has 24 heavy (non-hydrogen) atoms. The van der Waals surface area contributed by atoms with E-state index in [0.29, 0.717) is 13.2 Å². The number of hydrogen-bond donors (Lipinski definition) is 2. The van der Waals surface area contributed by atoms with Gasteiger partial charge in [0, 0.05) is 46.9 Å². The quantitative estimate of drug-likeness (QED) is 0.196. The second-order valence-corrected chi connectivity index (χ2v) is 5.55. The number of nitrogens with one attached hydrogen (secondary N) is 2. The molecule has 1 heterocycles. The lowest BCUT2D eigenvalue weighted by Gasteiger charge is -2.26. The molecule has 0 radical (unpaired) electrons. The average Bonchev–Trinajstić information content (AvgIpc) is 2.59. The molecule has 1 saturated heterocycles. The number of ether oxygens (including phenoxy) is 3. The van der Waals surface area contributed by atoms with Gasteiger partial charge in [-0.25, -0.2) is 0 Å². The van der Waals surface area contributed by atoms with Crippen molar-refractivity contribution in [3.63, 3.8) is 0 Å². The van der Waals surface area contributed by atoms with E-state index in [1.165, 1.54) is 6.42 Å². The van der Waals surface area contributed by atoms with Gasteiger partial charge in [0.2, 0.25) is 0 Å². The first-order valence-corrected chi connectivity index (χ1v) is 8.68. The Bertz CT molecular complexity index is 303. The molecule has 0 aromatic rings. The second kappa shape index (κ2) is 17.7. The first kappa shape index (κ1) is 23.8. The fraction of sp³-hybridized carbons (Fsp3) is 0.938. The van der Waals surface area contributed by atoms with Gasteiger partial charge in [-0.05, 0) is 25.8 Å². The van der Waals surface area contributed by atoms with E-state index in [1.807, 2.05) is 0 Å². The zero-order valence-corrected chi connectivity index (χ0v) is 17.6. The van der Waals surface area contributed by atoms with E-state index in [9.17, 15) is 0 Å². The lowest BCUT2D eigenvalue weighted by atomic mass is 10.3. The molecular formula is C16H35IN4O3. The van der Waals surface area contributed by atoms with Crippen LogP contribution < -0.4 is 10.6 Å². The van der Waals surface area contributed by atoms with Gasteiger partial charge < -0.3 is 24.8 Å². The SMILES string of the molecule is CN=C(NCCCCN1CCOCC1)NCCCOCCOC.I. The van der Waals surface area contributed by atoms with Gasteiger partial charge in [-0.2, -0.15) is 0 Å². The van der Waals surface area contributed by atoms with E-state index < -0.39 is 0 Å². The van der Waals surface area contributed by atoms with Crippen LogP contribution in [-0.4, -0.2) is 90.8 Å². The summed E-state index contributed by atoms with van der Waals surface area (Å²) in [5.41, 5.74) is 0. The summed E-state index contributed by atoms with van der Waals surface area (Å²) in [6.07, 6.45) is 3.32. The molecule has 0 spiro atoms. The first-order valence-electron chi connectivity index (χ1n) is 8.68. The van der Waals surface area contributed by atoms with Gasteiger partial charge in [0.05, 0.1) is 26.4 Å². The average molecular weight is 458 g/mol. The topological polar surface area (TPSA) is 67.4 Å². The number of guanidine groups is 1. The Morgan fingerprint density at radius 1 is 1.04 bits per heavy atom. The van der Waals surface area contributed by atoms with Crippen LogP contribution in [0.2, 0.25) is 0 Å². The predicted octanol–water partition coefficient (Wildman–Crippen LogP) is 0.935. The Hall–Kier alpha value is -0.160. The lowest BCUT2D eigenvalue weighted by molar-refractivity contribution is 0.0372. The van der Waals surface area contributed by atoms with Crippen molar-refractivity contribution in [1.29, 1.82) is 0 Å². The van der Waals surface area contributed by atoms with E-state index in [-0.39, 0.29) is 24.0 Å². The molecule has 0 aromatic heterocycles. The zero-order chi connectivity index (χ0) is 16.6. The maximum Gasteiger partial charge on any atom is 0.190 e. The molecule has 7 nitrogen and oxygen atoms in total. The van der Waals surface area contributed by atoms with Crippen LogP contribution in [0.1, 0.15) is 19.3 Å². The number of hydrogen-bond acceptors (Lipinski definition) is 5. The van der Waals surface area contributed by atoms with Gasteiger partial charge in [-0.3, -0.25) is 9.89 Å². The smallest absolute Gasteiger partial charge is 0.190 e. The van der Waals surface area contributed by atoms with Gasteiger partial charge in [0.25, 0.3) is 0 Å². The van der Waals surface area contributed by atoms with Gasteiger partial charge in [-0.15, -0.1) is 24.0 Å². The van der Waals surface area contributed by atoms with Gasteiger partial charge in [0.1, 0.15) is 0 Å². The van der Waals surface area contributed by atoms with E-state index in [0.717, 1.165) is 71.3 Å². The molecule has 1 fully saturated rings. The highest BCUT2D eigenvalue weighted by atomic mass is 127. The number of morpholine rings is 1. The summed E-state index contributed by atoms with van der Waals surface area (Å²) in [6, 6.07) is 0. The molecule has 8 heteroatoms. The van der Waals surface area contributed by atoms with Crippen LogP contribution in [0.15, 0.2) is 4.99 Å². The van der Waals surface area contributed by atoms with Crippen molar-refractivity contribution in [3.8, 4) is 0 Å². The molecular weight excluding hydrogens is 423 g/mol. The number of methoxy groups -OCH3 is 1. The molecule has 1 aliphatic heterocycles. The van der Waals surface area contributed by atoms with E-state index in [4.69, 9.17) is 14.2 Å². The maximum atomic E-state index is 5.42. The Balaban J connectivity index is 0.00000529. The van der Waals surface area contributed by atoms with Crippen molar-refractivity contribution in [2.75, 3.05) is 79.9 Å². The normalized spacial score (nSPS) is 15.8. The van der Waals surface area contributed by atoms with Crippen molar-refractivity contribution in [2.24, 2.45) is 4.99 Å². The highest BCUT2D eigenvalue weighted by Crippen LogP contribution is 1.99. The van der Waals surface area contributed by atoms with Gasteiger partial charge >= 0.3 is 0 Å². The Morgan fingerprint density at radius 3 is 2.42 bits per heavy atom. The minimum absolute atomic E-state index is 0. The Morgan fingerprint density at radius 2 is 1.75 bits per heavy atom. The number of unbranched alkanes of at least 4 members (excludes halogenated alkanes) is 1. The summed E-state index contributed by atoms with van der Waals surface area (Å²) >= 11 is 0. The largest absolute Gasteiger partial charge is 0.382 e. The number of halogens is 1. The second-order valence-electron chi connectivity index (χ2n) is 5.55. The Labute approximate surface area is 163 Å². The zero-order valence-electron chi connectivity index (χ0n) is 15.2. The Kier molecular flexibility index (Phi) is 17.5. The maximum absolute atomic E-state index is 5.42. The molecule has 0 aromatic carbocycles. The third-order valence-corrected chi connectivity index (χ3v) is 3.71. The molecule has 0 amide bonds. The first-order chi connectivity index (χ1) is 11.4. The summed E-state index contributed by atoms with van der Waals surface area (Å²) in [5.74, 6) is 0.869. The van der Waals surface area contributed by atoms with Crippen LogP contribution in [0, 0.1) is 0 Å². The third-order valence-electron chi connectivity index (χ3n) is 3.71. The van der Waals surface area contributed by atoms with Crippen LogP contribution >= 0.6 is 24.0 Å². The molecule has 0 bridgehead atoms. The van der Waals surface area contributed by atoms with Crippen molar-refractivity contribution in [2.45, 2.75) is 19.3 Å². The molecule has 1 rings (SSSR count). The summed E-state index contributed by atoms with van der Waals surface area (Å²) < 4.78 is 15.7. The minimum atomic E-state index is 0. The van der Waals surface area contributed by atoms with Crippen LogP contribution in [0.3, 0.4) is 0 Å². The van der Waals surface area contributed by atoms with Crippen LogP contribution in [0.25, 0.3) is 0 Å². The molecule has 2 N–H and O–H groups in total. The summed E-state index contributed by atoms with van der Waals surface area (Å²) in [4.78, 5) is 6.70. The van der Waals surface area contributed by atoms with Crippen molar-refractivity contribution < 1.29 is 14.2 Å². The van der Waals surface area contributed by atoms with Crippen LogP contribution in [0.4, 0.5) is 0 Å². The summed E-state index contributed by atoms with van der Waals surface area (Å²) in [7, 11) is 3.49. The van der Waals surface area contributed by atoms with Gasteiger partial charge in [0.15, 0.2) is 5.96 Å². The van der Waals surface area contributed by atoms with Crippen molar-refractivity contribution in [3.05, 3.63) is 0 Å². The summed E-state index contributed by atoms with van der Waals surface area (Å²) in [5, 5.41) is 6.65. The molecule has 0 aliphatic carbocycles. The monoisotopic (exact) mass is 458 g/mol. The minimum Gasteiger partial charge on any atom is -0.382 e. The fourth-order valence-electron chi connectivity index (χ4n) is 2.34.